The zero-order valence-electron chi connectivity index (χ0n) is 12.5. The van der Waals surface area contributed by atoms with Crippen LogP contribution in [0.25, 0.3) is 0 Å². The van der Waals surface area contributed by atoms with E-state index in [2.05, 4.69) is 32.1 Å². The number of hydrogen-bond acceptors (Lipinski definition) is 6. The van der Waals surface area contributed by atoms with Gasteiger partial charge in [0.1, 0.15) is 17.8 Å². The molecule has 7 heteroatoms. The smallest absolute Gasteiger partial charge is 0.160 e. The Balaban J connectivity index is 1.86. The average molecular weight is 319 g/mol. The van der Waals surface area contributed by atoms with Crippen LogP contribution < -0.4 is 16.0 Å². The maximum absolute atomic E-state index is 6.27. The van der Waals surface area contributed by atoms with E-state index in [1.807, 2.05) is 0 Å². The summed E-state index contributed by atoms with van der Waals surface area (Å²) in [4.78, 5) is 15.1. The summed E-state index contributed by atoms with van der Waals surface area (Å²) in [6, 6.07) is 3.99. The van der Waals surface area contributed by atoms with E-state index in [1.165, 1.54) is 12.7 Å². The fraction of sp³-hybridized carbons (Fsp3) is 0.400. The molecule has 0 saturated carbocycles. The molecule has 1 unspecified atom stereocenters. The van der Waals surface area contributed by atoms with Crippen LogP contribution in [-0.2, 0) is 0 Å². The largest absolute Gasteiger partial charge is 0.393 e. The molecule has 0 aliphatic carbocycles. The van der Waals surface area contributed by atoms with E-state index in [0.29, 0.717) is 28.4 Å². The Morgan fingerprint density at radius 3 is 2.86 bits per heavy atom. The standard InChI is InChI=1S/C15H19ClN6/c1-10-4-2-3-7-22(10)15-13(17)14(19-9-20-15)21-12-6-5-11(16)8-18-12/h5-6,8-10H,2-4,7,17H2,1H3,(H,18,19,20,21). The number of pyridine rings is 1. The zero-order valence-corrected chi connectivity index (χ0v) is 13.2. The van der Waals surface area contributed by atoms with Crippen LogP contribution in [0.4, 0.5) is 23.1 Å². The minimum absolute atomic E-state index is 0.437. The van der Waals surface area contributed by atoms with Gasteiger partial charge in [-0.15, -0.1) is 0 Å². The number of aromatic nitrogens is 3. The molecule has 116 valence electrons. The fourth-order valence-corrected chi connectivity index (χ4v) is 2.81. The molecule has 1 atom stereocenters. The Kier molecular flexibility index (Phi) is 4.29. The van der Waals surface area contributed by atoms with Gasteiger partial charge in [0, 0.05) is 18.8 Å². The first-order valence-corrected chi connectivity index (χ1v) is 7.78. The van der Waals surface area contributed by atoms with E-state index in [1.54, 1.807) is 18.3 Å². The van der Waals surface area contributed by atoms with Gasteiger partial charge in [-0.2, -0.15) is 0 Å². The van der Waals surface area contributed by atoms with Gasteiger partial charge in [-0.1, -0.05) is 11.6 Å². The van der Waals surface area contributed by atoms with Crippen LogP contribution in [0.1, 0.15) is 26.2 Å². The fourth-order valence-electron chi connectivity index (χ4n) is 2.70. The van der Waals surface area contributed by atoms with Gasteiger partial charge in [0.15, 0.2) is 11.6 Å². The molecular weight excluding hydrogens is 300 g/mol. The van der Waals surface area contributed by atoms with Crippen molar-refractivity contribution in [2.75, 3.05) is 22.5 Å². The first-order chi connectivity index (χ1) is 10.6. The molecule has 0 radical (unpaired) electrons. The summed E-state index contributed by atoms with van der Waals surface area (Å²) in [5, 5.41) is 3.71. The lowest BCUT2D eigenvalue weighted by molar-refractivity contribution is 0.481. The Bertz CT molecular complexity index is 645. The van der Waals surface area contributed by atoms with Crippen molar-refractivity contribution in [2.24, 2.45) is 0 Å². The van der Waals surface area contributed by atoms with Gasteiger partial charge in [-0.25, -0.2) is 15.0 Å². The molecule has 2 aromatic heterocycles. The quantitative estimate of drug-likeness (QED) is 0.904. The molecule has 0 spiro atoms. The summed E-state index contributed by atoms with van der Waals surface area (Å²) in [5.74, 6) is 2.00. The maximum Gasteiger partial charge on any atom is 0.160 e. The number of piperidine rings is 1. The molecule has 0 bridgehead atoms. The molecule has 3 rings (SSSR count). The topological polar surface area (TPSA) is 80.0 Å². The van der Waals surface area contributed by atoms with Crippen LogP contribution in [0.15, 0.2) is 24.7 Å². The highest BCUT2D eigenvalue weighted by molar-refractivity contribution is 6.30. The van der Waals surface area contributed by atoms with Crippen molar-refractivity contribution < 1.29 is 0 Å². The number of nitrogen functional groups attached to an aromatic ring is 1. The Morgan fingerprint density at radius 1 is 1.27 bits per heavy atom. The van der Waals surface area contributed by atoms with Crippen LogP contribution in [-0.4, -0.2) is 27.5 Å². The van der Waals surface area contributed by atoms with E-state index in [9.17, 15) is 0 Å². The molecule has 1 fully saturated rings. The molecule has 6 nitrogen and oxygen atoms in total. The number of rotatable bonds is 3. The molecule has 3 heterocycles. The third-order valence-corrected chi connectivity index (χ3v) is 4.14. The van der Waals surface area contributed by atoms with Gasteiger partial charge in [0.05, 0.1) is 5.02 Å². The summed E-state index contributed by atoms with van der Waals surface area (Å²) in [6.45, 7) is 3.18. The second kappa shape index (κ2) is 6.36. The van der Waals surface area contributed by atoms with Crippen LogP contribution in [0.2, 0.25) is 5.02 Å². The average Bonchev–Trinajstić information content (AvgIpc) is 2.52. The van der Waals surface area contributed by atoms with Gasteiger partial charge >= 0.3 is 0 Å². The van der Waals surface area contributed by atoms with Crippen molar-refractivity contribution in [3.05, 3.63) is 29.7 Å². The van der Waals surface area contributed by atoms with Gasteiger partial charge in [0.25, 0.3) is 0 Å². The lowest BCUT2D eigenvalue weighted by atomic mass is 10.0. The lowest BCUT2D eigenvalue weighted by Gasteiger charge is -2.35. The van der Waals surface area contributed by atoms with E-state index >= 15 is 0 Å². The molecule has 2 aromatic rings. The number of nitrogens with zero attached hydrogens (tertiary/aromatic N) is 4. The molecule has 22 heavy (non-hydrogen) atoms. The second-order valence-electron chi connectivity index (χ2n) is 5.48. The van der Waals surface area contributed by atoms with Gasteiger partial charge in [0.2, 0.25) is 0 Å². The zero-order chi connectivity index (χ0) is 15.5. The minimum Gasteiger partial charge on any atom is -0.393 e. The van der Waals surface area contributed by atoms with Crippen molar-refractivity contribution in [3.8, 4) is 0 Å². The third-order valence-electron chi connectivity index (χ3n) is 3.91. The van der Waals surface area contributed by atoms with E-state index in [4.69, 9.17) is 17.3 Å². The lowest BCUT2D eigenvalue weighted by Crippen LogP contribution is -2.38. The molecule has 3 N–H and O–H groups in total. The normalized spacial score (nSPS) is 18.3. The van der Waals surface area contributed by atoms with Crippen molar-refractivity contribution in [1.29, 1.82) is 0 Å². The van der Waals surface area contributed by atoms with Gasteiger partial charge < -0.3 is 16.0 Å². The number of nitrogens with two attached hydrogens (primary N) is 1. The summed E-state index contributed by atoms with van der Waals surface area (Å²) in [7, 11) is 0. The van der Waals surface area contributed by atoms with Crippen molar-refractivity contribution in [2.45, 2.75) is 32.2 Å². The SMILES string of the molecule is CC1CCCCN1c1ncnc(Nc2ccc(Cl)cn2)c1N. The van der Waals surface area contributed by atoms with Gasteiger partial charge in [-0.3, -0.25) is 0 Å². The van der Waals surface area contributed by atoms with Gasteiger partial charge in [-0.05, 0) is 38.3 Å². The van der Waals surface area contributed by atoms with Crippen molar-refractivity contribution >= 4 is 34.7 Å². The maximum atomic E-state index is 6.27. The molecule has 0 amide bonds. The van der Waals surface area contributed by atoms with E-state index in [-0.39, 0.29) is 0 Å². The first kappa shape index (κ1) is 14.8. The number of halogens is 1. The molecule has 1 aliphatic heterocycles. The van der Waals surface area contributed by atoms with Crippen LogP contribution in [0, 0.1) is 0 Å². The summed E-state index contributed by atoms with van der Waals surface area (Å²) >= 11 is 5.84. The van der Waals surface area contributed by atoms with Crippen molar-refractivity contribution in [1.82, 2.24) is 15.0 Å². The molecular formula is C15H19ClN6. The molecule has 0 aromatic carbocycles. The summed E-state index contributed by atoms with van der Waals surface area (Å²) in [5.41, 5.74) is 6.82. The van der Waals surface area contributed by atoms with Crippen molar-refractivity contribution in [3.63, 3.8) is 0 Å². The predicted octanol–water partition coefficient (Wildman–Crippen LogP) is 3.23. The molecule has 1 aliphatic rings. The monoisotopic (exact) mass is 318 g/mol. The van der Waals surface area contributed by atoms with Crippen LogP contribution >= 0.6 is 11.6 Å². The number of anilines is 4. The highest BCUT2D eigenvalue weighted by Gasteiger charge is 2.23. The predicted molar refractivity (Wildman–Crippen MR) is 89.6 cm³/mol. The molecule has 1 saturated heterocycles. The Labute approximate surface area is 134 Å². The second-order valence-corrected chi connectivity index (χ2v) is 5.92. The van der Waals surface area contributed by atoms with E-state index in [0.717, 1.165) is 25.2 Å². The highest BCUT2D eigenvalue weighted by atomic mass is 35.5. The number of nitrogens with one attached hydrogen (secondary N) is 1. The van der Waals surface area contributed by atoms with Crippen LogP contribution in [0.5, 0.6) is 0 Å². The Hall–Kier alpha value is -2.08. The summed E-state index contributed by atoms with van der Waals surface area (Å²) in [6.07, 6.45) is 6.68. The summed E-state index contributed by atoms with van der Waals surface area (Å²) < 4.78 is 0. The highest BCUT2D eigenvalue weighted by Crippen LogP contribution is 2.32. The number of hydrogen-bond donors (Lipinski definition) is 2. The third kappa shape index (κ3) is 3.06. The van der Waals surface area contributed by atoms with Crippen LogP contribution in [0.3, 0.4) is 0 Å². The Morgan fingerprint density at radius 2 is 2.14 bits per heavy atom. The van der Waals surface area contributed by atoms with E-state index < -0.39 is 0 Å². The minimum atomic E-state index is 0.437. The first-order valence-electron chi connectivity index (χ1n) is 7.41.